The molecule has 6 aromatic carbocycles. The molecule has 0 aromatic heterocycles. The van der Waals surface area contributed by atoms with E-state index in [1.54, 1.807) is 6.20 Å². The predicted octanol–water partition coefficient (Wildman–Crippen LogP) is 10.8. The van der Waals surface area contributed by atoms with E-state index in [4.69, 9.17) is 11.5 Å². The molecule has 0 aliphatic rings. The van der Waals surface area contributed by atoms with Crippen molar-refractivity contribution in [2.24, 2.45) is 17.4 Å². The number of rotatable bonds is 8. The van der Waals surface area contributed by atoms with E-state index >= 15 is 0 Å². The van der Waals surface area contributed by atoms with Gasteiger partial charge in [-0.3, -0.25) is 0 Å². The summed E-state index contributed by atoms with van der Waals surface area (Å²) in [5.41, 5.74) is 19.8. The molecule has 44 heavy (non-hydrogen) atoms. The van der Waals surface area contributed by atoms with Crippen molar-refractivity contribution in [3.05, 3.63) is 163 Å². The molecule has 216 valence electrons. The molecule has 6 aromatic rings. The molecule has 0 aliphatic carbocycles. The summed E-state index contributed by atoms with van der Waals surface area (Å²) in [6.07, 6.45) is 13.0. The molecule has 0 bridgehead atoms. The first-order chi connectivity index (χ1) is 21.5. The van der Waals surface area contributed by atoms with E-state index in [0.717, 1.165) is 23.3 Å². The van der Waals surface area contributed by atoms with Crippen LogP contribution in [-0.4, -0.2) is 0 Å². The Kier molecular flexibility index (Phi) is 8.43. The van der Waals surface area contributed by atoms with Crippen molar-refractivity contribution in [1.29, 1.82) is 0 Å². The maximum atomic E-state index is 6.09. The summed E-state index contributed by atoms with van der Waals surface area (Å²) in [4.78, 5) is 0. The van der Waals surface area contributed by atoms with Crippen LogP contribution in [0.15, 0.2) is 158 Å². The maximum Gasteiger partial charge on any atom is 0.00487 e. The molecule has 0 amide bonds. The normalized spacial score (nSPS) is 13.5. The molecular formula is C42H38N2. The molecule has 0 saturated carbocycles. The fourth-order valence-corrected chi connectivity index (χ4v) is 6.07. The Morgan fingerprint density at radius 3 is 1.86 bits per heavy atom. The van der Waals surface area contributed by atoms with Crippen molar-refractivity contribution < 1.29 is 0 Å². The van der Waals surface area contributed by atoms with Gasteiger partial charge in [-0.15, -0.1) is 0 Å². The molecule has 0 fully saturated rings. The number of benzene rings is 6. The van der Waals surface area contributed by atoms with Crippen molar-refractivity contribution in [2.45, 2.75) is 20.3 Å². The first kappa shape index (κ1) is 28.8. The summed E-state index contributed by atoms with van der Waals surface area (Å²) in [6, 6.07) is 41.8. The second-order valence-corrected chi connectivity index (χ2v) is 11.5. The second kappa shape index (κ2) is 12.9. The molecule has 2 heteroatoms. The van der Waals surface area contributed by atoms with Crippen molar-refractivity contribution in [2.75, 3.05) is 0 Å². The first-order valence-corrected chi connectivity index (χ1v) is 15.3. The topological polar surface area (TPSA) is 52.0 Å². The van der Waals surface area contributed by atoms with Crippen LogP contribution in [0.2, 0.25) is 0 Å². The minimum atomic E-state index is 0.407. The molecule has 1 unspecified atom stereocenters. The van der Waals surface area contributed by atoms with Crippen LogP contribution in [0.4, 0.5) is 0 Å². The fraction of sp³-hybridized carbons (Fsp3) is 0.0952. The number of fused-ring (bicyclic) bond motifs is 3. The van der Waals surface area contributed by atoms with Crippen molar-refractivity contribution in [3.63, 3.8) is 0 Å². The molecule has 2 nitrogen and oxygen atoms in total. The third kappa shape index (κ3) is 5.93. The van der Waals surface area contributed by atoms with E-state index < -0.39 is 0 Å². The van der Waals surface area contributed by atoms with E-state index in [0.29, 0.717) is 5.92 Å². The Balaban J connectivity index is 1.38. The fourth-order valence-electron chi connectivity index (χ4n) is 6.07. The summed E-state index contributed by atoms with van der Waals surface area (Å²) in [7, 11) is 0. The van der Waals surface area contributed by atoms with Gasteiger partial charge in [-0.1, -0.05) is 134 Å². The highest BCUT2D eigenvalue weighted by Gasteiger charge is 2.16. The minimum Gasteiger partial charge on any atom is -0.404 e. The lowest BCUT2D eigenvalue weighted by Gasteiger charge is -2.18. The lowest BCUT2D eigenvalue weighted by molar-refractivity contribution is 0.744. The summed E-state index contributed by atoms with van der Waals surface area (Å²) in [6.45, 7) is 4.09. The van der Waals surface area contributed by atoms with Gasteiger partial charge < -0.3 is 11.5 Å². The molecule has 0 aliphatic heterocycles. The summed E-state index contributed by atoms with van der Waals surface area (Å²) in [5, 5.41) is 7.45. The summed E-state index contributed by atoms with van der Waals surface area (Å²) >= 11 is 0. The zero-order valence-corrected chi connectivity index (χ0v) is 25.4. The van der Waals surface area contributed by atoms with Crippen LogP contribution in [0, 0.1) is 5.92 Å². The van der Waals surface area contributed by atoms with Gasteiger partial charge in [0, 0.05) is 11.9 Å². The largest absolute Gasteiger partial charge is 0.404 e. The third-order valence-corrected chi connectivity index (χ3v) is 8.24. The minimum absolute atomic E-state index is 0.407. The van der Waals surface area contributed by atoms with Gasteiger partial charge in [-0.25, -0.2) is 0 Å². The zero-order valence-electron chi connectivity index (χ0n) is 25.4. The van der Waals surface area contributed by atoms with Gasteiger partial charge in [0.2, 0.25) is 0 Å². The van der Waals surface area contributed by atoms with Crippen molar-refractivity contribution in [1.82, 2.24) is 0 Å². The predicted molar refractivity (Wildman–Crippen MR) is 192 cm³/mol. The summed E-state index contributed by atoms with van der Waals surface area (Å²) in [5.74, 6) is 0.407. The molecule has 0 heterocycles. The van der Waals surface area contributed by atoms with Crippen LogP contribution in [0.5, 0.6) is 0 Å². The van der Waals surface area contributed by atoms with E-state index in [-0.39, 0.29) is 0 Å². The zero-order chi connectivity index (χ0) is 30.5. The highest BCUT2D eigenvalue weighted by molar-refractivity contribution is 6.21. The third-order valence-electron chi connectivity index (χ3n) is 8.24. The van der Waals surface area contributed by atoms with E-state index in [1.165, 1.54) is 54.6 Å². The van der Waals surface area contributed by atoms with Gasteiger partial charge in [0.1, 0.15) is 0 Å². The van der Waals surface area contributed by atoms with Crippen LogP contribution in [0.1, 0.15) is 25.8 Å². The highest BCUT2D eigenvalue weighted by atomic mass is 14.5. The van der Waals surface area contributed by atoms with Gasteiger partial charge in [0.25, 0.3) is 0 Å². The molecule has 0 radical (unpaired) electrons. The van der Waals surface area contributed by atoms with E-state index in [1.807, 2.05) is 19.1 Å². The van der Waals surface area contributed by atoms with Gasteiger partial charge in [-0.05, 0) is 103 Å². The Bertz CT molecular complexity index is 2020. The van der Waals surface area contributed by atoms with Crippen LogP contribution in [-0.2, 0) is 0 Å². The van der Waals surface area contributed by atoms with Crippen LogP contribution in [0.3, 0.4) is 0 Å². The smallest absolute Gasteiger partial charge is 0.00487 e. The van der Waals surface area contributed by atoms with Crippen LogP contribution >= 0.6 is 0 Å². The maximum absolute atomic E-state index is 6.09. The number of hydrogen-bond donors (Lipinski definition) is 2. The lowest BCUT2D eigenvalue weighted by Crippen LogP contribution is -1.91. The molecule has 6 rings (SSSR count). The molecular weight excluding hydrogens is 532 g/mol. The Hall–Kier alpha value is -5.34. The molecule has 0 spiro atoms. The van der Waals surface area contributed by atoms with Gasteiger partial charge in [0.15, 0.2) is 0 Å². The average Bonchev–Trinajstić information content (AvgIpc) is 3.05. The Morgan fingerprint density at radius 2 is 1.25 bits per heavy atom. The summed E-state index contributed by atoms with van der Waals surface area (Å²) < 4.78 is 0. The van der Waals surface area contributed by atoms with Crippen LogP contribution < -0.4 is 11.5 Å². The van der Waals surface area contributed by atoms with Crippen molar-refractivity contribution in [3.8, 4) is 22.3 Å². The van der Waals surface area contributed by atoms with Gasteiger partial charge >= 0.3 is 0 Å². The Labute approximate surface area is 260 Å². The van der Waals surface area contributed by atoms with Crippen molar-refractivity contribution >= 4 is 37.9 Å². The number of allylic oxidation sites excluding steroid dienone is 7. The standard InChI is InChI=1S/C42H38N2/c1-29(12-10-14-30(2)44)13-11-17-36(28-43)34-23-22-33-27-35(25-24-32(33)26-34)42-39-20-8-6-18-37(39)41(31-15-4-3-5-16-31)38-19-7-9-21-40(38)42/h3-12,14-29H,13,43-44H2,1-2H3/b12-10-,17-11-,30-14-,36-28+. The van der Waals surface area contributed by atoms with Gasteiger partial charge in [0.05, 0.1) is 0 Å². The number of nitrogens with two attached hydrogens (primary N) is 2. The lowest BCUT2D eigenvalue weighted by atomic mass is 9.85. The second-order valence-electron chi connectivity index (χ2n) is 11.5. The van der Waals surface area contributed by atoms with Crippen LogP contribution in [0.25, 0.3) is 60.1 Å². The molecule has 1 atom stereocenters. The van der Waals surface area contributed by atoms with Gasteiger partial charge in [-0.2, -0.15) is 0 Å². The average molecular weight is 571 g/mol. The van der Waals surface area contributed by atoms with E-state index in [2.05, 4.69) is 140 Å². The molecule has 0 saturated heterocycles. The number of hydrogen-bond acceptors (Lipinski definition) is 2. The van der Waals surface area contributed by atoms with E-state index in [9.17, 15) is 0 Å². The quantitative estimate of drug-likeness (QED) is 0.141. The SMILES string of the molecule is C/C(N)=C/C=C\C(C)C/C=C\C(=C/N)c1ccc2cc(-c3c4ccccc4c(-c4ccccc4)c4ccccc34)ccc2c1. The first-order valence-electron chi connectivity index (χ1n) is 15.3. The Morgan fingerprint density at radius 1 is 0.682 bits per heavy atom. The molecule has 4 N–H and O–H groups in total. The highest BCUT2D eigenvalue weighted by Crippen LogP contribution is 2.44. The monoisotopic (exact) mass is 570 g/mol.